The van der Waals surface area contributed by atoms with Crippen LogP contribution in [0.25, 0.3) is 0 Å². The van der Waals surface area contributed by atoms with Crippen molar-refractivity contribution in [1.29, 1.82) is 0 Å². The zero-order valence-electron chi connectivity index (χ0n) is 13.4. The van der Waals surface area contributed by atoms with Gasteiger partial charge in [0.05, 0.1) is 18.4 Å². The molecule has 130 valence electrons. The van der Waals surface area contributed by atoms with E-state index in [1.54, 1.807) is 0 Å². The van der Waals surface area contributed by atoms with Gasteiger partial charge >= 0.3 is 6.18 Å². The molecule has 1 spiro atoms. The molecule has 5 nitrogen and oxygen atoms in total. The Labute approximate surface area is 133 Å². The molecule has 2 fully saturated rings. The third kappa shape index (κ3) is 4.24. The number of ether oxygens (including phenoxy) is 2. The van der Waals surface area contributed by atoms with Gasteiger partial charge in [-0.05, 0) is 13.8 Å². The van der Waals surface area contributed by atoms with Gasteiger partial charge in [0.25, 0.3) is 0 Å². The molecule has 2 saturated heterocycles. The Hall–Kier alpha value is -1.12. The van der Waals surface area contributed by atoms with Crippen LogP contribution in [0, 0.1) is 0 Å². The number of halogens is 3. The second-order valence-electron chi connectivity index (χ2n) is 7.15. The fourth-order valence-corrected chi connectivity index (χ4v) is 3.57. The Morgan fingerprint density at radius 2 is 2.09 bits per heavy atom. The maximum Gasteiger partial charge on any atom is 0.408 e. The van der Waals surface area contributed by atoms with E-state index >= 15 is 0 Å². The van der Waals surface area contributed by atoms with Crippen LogP contribution < -0.4 is 0 Å². The van der Waals surface area contributed by atoms with Crippen molar-refractivity contribution in [3.05, 3.63) is 18.0 Å². The predicted octanol–water partition coefficient (Wildman–Crippen LogP) is 2.22. The van der Waals surface area contributed by atoms with E-state index in [0.717, 1.165) is 29.8 Å². The van der Waals surface area contributed by atoms with Crippen LogP contribution in [-0.2, 0) is 22.6 Å². The maximum atomic E-state index is 12.4. The van der Waals surface area contributed by atoms with Crippen molar-refractivity contribution in [2.75, 3.05) is 26.3 Å². The molecular weight excluding hydrogens is 311 g/mol. The van der Waals surface area contributed by atoms with Gasteiger partial charge in [0.2, 0.25) is 0 Å². The number of aromatic nitrogens is 2. The summed E-state index contributed by atoms with van der Waals surface area (Å²) in [6, 6.07) is 0. The Morgan fingerprint density at radius 3 is 2.74 bits per heavy atom. The summed E-state index contributed by atoms with van der Waals surface area (Å²) in [4.78, 5) is 2.22. The number of morpholine rings is 1. The highest BCUT2D eigenvalue weighted by Crippen LogP contribution is 2.35. The summed E-state index contributed by atoms with van der Waals surface area (Å²) in [5, 5.41) is 3.81. The zero-order chi connectivity index (χ0) is 16.7. The van der Waals surface area contributed by atoms with Crippen LogP contribution in [0.3, 0.4) is 0 Å². The molecular formula is C15H22F3N3O2. The fraction of sp³-hybridized carbons (Fsp3) is 0.800. The molecule has 0 aliphatic carbocycles. The van der Waals surface area contributed by atoms with Gasteiger partial charge in [-0.2, -0.15) is 18.3 Å². The summed E-state index contributed by atoms with van der Waals surface area (Å²) in [7, 11) is 0. The molecule has 3 heterocycles. The van der Waals surface area contributed by atoms with Crippen molar-refractivity contribution in [2.45, 2.75) is 50.7 Å². The molecule has 0 N–H and O–H groups in total. The second-order valence-corrected chi connectivity index (χ2v) is 7.15. The average molecular weight is 333 g/mol. The minimum absolute atomic E-state index is 0.302. The topological polar surface area (TPSA) is 39.5 Å². The number of hydrogen-bond donors (Lipinski definition) is 0. The van der Waals surface area contributed by atoms with E-state index in [-0.39, 0.29) is 11.2 Å². The van der Waals surface area contributed by atoms with Gasteiger partial charge in [-0.3, -0.25) is 9.58 Å². The molecule has 2 aliphatic rings. The first-order chi connectivity index (χ1) is 10.6. The van der Waals surface area contributed by atoms with E-state index in [4.69, 9.17) is 9.47 Å². The van der Waals surface area contributed by atoms with E-state index in [1.165, 1.54) is 12.4 Å². The van der Waals surface area contributed by atoms with Crippen LogP contribution in [0.4, 0.5) is 13.2 Å². The molecule has 0 bridgehead atoms. The van der Waals surface area contributed by atoms with Crippen molar-refractivity contribution >= 4 is 0 Å². The zero-order valence-corrected chi connectivity index (χ0v) is 13.4. The summed E-state index contributed by atoms with van der Waals surface area (Å²) >= 11 is 0. The molecule has 3 rings (SSSR count). The van der Waals surface area contributed by atoms with Crippen molar-refractivity contribution in [3.8, 4) is 0 Å². The lowest BCUT2D eigenvalue weighted by atomic mass is 9.94. The number of rotatable bonds is 3. The molecule has 8 heteroatoms. The molecule has 1 aromatic heterocycles. The summed E-state index contributed by atoms with van der Waals surface area (Å²) in [5.41, 5.74) is 0.165. The van der Waals surface area contributed by atoms with Crippen LogP contribution in [0.5, 0.6) is 0 Å². The van der Waals surface area contributed by atoms with Crippen molar-refractivity contribution in [1.82, 2.24) is 14.7 Å². The Kier molecular flexibility index (Phi) is 4.18. The maximum absolute atomic E-state index is 12.4. The summed E-state index contributed by atoms with van der Waals surface area (Å²) in [6.45, 7) is 6.28. The normalized spacial score (nSPS) is 28.6. The first-order valence-corrected chi connectivity index (χ1v) is 7.73. The third-order valence-electron chi connectivity index (χ3n) is 4.11. The standard InChI is InChI=1S/C15H22F3N3O2/c1-13(2)8-20(9-14(23-13)3-4-22-11-14)6-12-5-19-21(7-12)10-15(16,17)18/h5,7H,3-4,6,8-11H2,1-2H3. The SMILES string of the molecule is CC1(C)CN(Cc2cnn(CC(F)(F)F)c2)CC2(CCOC2)O1. The van der Waals surface area contributed by atoms with E-state index in [2.05, 4.69) is 10.00 Å². The molecule has 2 aliphatic heterocycles. The summed E-state index contributed by atoms with van der Waals surface area (Å²) in [6.07, 6.45) is -0.435. The number of hydrogen-bond acceptors (Lipinski definition) is 4. The Bertz CT molecular complexity index is 550. The lowest BCUT2D eigenvalue weighted by molar-refractivity contribution is -0.196. The molecule has 0 amide bonds. The van der Waals surface area contributed by atoms with Gasteiger partial charge in [0, 0.05) is 44.4 Å². The van der Waals surface area contributed by atoms with Gasteiger partial charge < -0.3 is 9.47 Å². The highest BCUT2D eigenvalue weighted by molar-refractivity contribution is 5.06. The molecule has 23 heavy (non-hydrogen) atoms. The lowest BCUT2D eigenvalue weighted by Crippen LogP contribution is -2.59. The molecule has 1 unspecified atom stereocenters. The first-order valence-electron chi connectivity index (χ1n) is 7.73. The minimum Gasteiger partial charge on any atom is -0.378 e. The lowest BCUT2D eigenvalue weighted by Gasteiger charge is -2.48. The molecule has 1 atom stereocenters. The van der Waals surface area contributed by atoms with Gasteiger partial charge in [-0.15, -0.1) is 0 Å². The van der Waals surface area contributed by atoms with E-state index in [9.17, 15) is 13.2 Å². The van der Waals surface area contributed by atoms with Crippen molar-refractivity contribution < 1.29 is 22.6 Å². The van der Waals surface area contributed by atoms with Gasteiger partial charge in [-0.25, -0.2) is 0 Å². The smallest absolute Gasteiger partial charge is 0.378 e. The fourth-order valence-electron chi connectivity index (χ4n) is 3.57. The van der Waals surface area contributed by atoms with E-state index in [1.807, 2.05) is 13.8 Å². The largest absolute Gasteiger partial charge is 0.408 e. The molecule has 0 aromatic carbocycles. The first kappa shape index (κ1) is 16.7. The Balaban J connectivity index is 1.67. The van der Waals surface area contributed by atoms with Crippen molar-refractivity contribution in [2.24, 2.45) is 0 Å². The van der Waals surface area contributed by atoms with Gasteiger partial charge in [-0.1, -0.05) is 0 Å². The van der Waals surface area contributed by atoms with Crippen LogP contribution in [0.1, 0.15) is 25.8 Å². The minimum atomic E-state index is -4.25. The number of alkyl halides is 3. The number of nitrogens with zero attached hydrogens (tertiary/aromatic N) is 3. The molecule has 0 saturated carbocycles. The quantitative estimate of drug-likeness (QED) is 0.850. The predicted molar refractivity (Wildman–Crippen MR) is 76.9 cm³/mol. The van der Waals surface area contributed by atoms with E-state index < -0.39 is 12.7 Å². The highest BCUT2D eigenvalue weighted by atomic mass is 19.4. The molecule has 1 aromatic rings. The Morgan fingerprint density at radius 1 is 1.30 bits per heavy atom. The van der Waals surface area contributed by atoms with Crippen LogP contribution in [0.2, 0.25) is 0 Å². The monoisotopic (exact) mass is 333 g/mol. The van der Waals surface area contributed by atoms with Crippen LogP contribution in [0.15, 0.2) is 12.4 Å². The van der Waals surface area contributed by atoms with Crippen LogP contribution >= 0.6 is 0 Å². The van der Waals surface area contributed by atoms with Crippen molar-refractivity contribution in [3.63, 3.8) is 0 Å². The summed E-state index contributed by atoms with van der Waals surface area (Å²) < 4.78 is 49.9. The third-order valence-corrected chi connectivity index (χ3v) is 4.11. The molecule has 0 radical (unpaired) electrons. The van der Waals surface area contributed by atoms with E-state index in [0.29, 0.717) is 19.8 Å². The highest BCUT2D eigenvalue weighted by Gasteiger charge is 2.46. The van der Waals surface area contributed by atoms with Gasteiger partial charge in [0.15, 0.2) is 0 Å². The average Bonchev–Trinajstić information content (AvgIpc) is 2.95. The second kappa shape index (κ2) is 5.75. The summed E-state index contributed by atoms with van der Waals surface area (Å²) in [5.74, 6) is 0. The van der Waals surface area contributed by atoms with Crippen LogP contribution in [-0.4, -0.2) is 58.4 Å². The van der Waals surface area contributed by atoms with Gasteiger partial charge in [0.1, 0.15) is 12.1 Å².